The van der Waals surface area contributed by atoms with E-state index in [9.17, 15) is 4.79 Å². The van der Waals surface area contributed by atoms with E-state index >= 15 is 0 Å². The van der Waals surface area contributed by atoms with Crippen LogP contribution in [0.2, 0.25) is 0 Å². The van der Waals surface area contributed by atoms with Crippen LogP contribution in [0.4, 0.5) is 11.4 Å². The summed E-state index contributed by atoms with van der Waals surface area (Å²) in [6.45, 7) is 3.14. The molecule has 0 aromatic heterocycles. The van der Waals surface area contributed by atoms with Crippen molar-refractivity contribution in [3.63, 3.8) is 0 Å². The van der Waals surface area contributed by atoms with Crippen LogP contribution in [0.15, 0.2) is 18.2 Å². The lowest BCUT2D eigenvalue weighted by Crippen LogP contribution is -2.30. The van der Waals surface area contributed by atoms with E-state index in [1.54, 1.807) is 12.1 Å². The molecule has 4 N–H and O–H groups in total. The van der Waals surface area contributed by atoms with Crippen molar-refractivity contribution in [2.24, 2.45) is 5.73 Å². The number of nitrogens with two attached hydrogens (primary N) is 2. The number of rotatable bonds is 3. The number of primary amides is 1. The number of carbonyl (C=O) groups excluding carboxylic acids is 1. The van der Waals surface area contributed by atoms with Crippen LogP contribution < -0.4 is 16.4 Å². The molecule has 1 aliphatic rings. The summed E-state index contributed by atoms with van der Waals surface area (Å²) in [5, 5.41) is 0. The lowest BCUT2D eigenvalue weighted by Gasteiger charge is -2.27. The number of hydrogen-bond acceptors (Lipinski definition) is 3. The molecule has 4 nitrogen and oxygen atoms in total. The fourth-order valence-corrected chi connectivity index (χ4v) is 2.57. The molecule has 4 heteroatoms. The third-order valence-electron chi connectivity index (χ3n) is 3.45. The lowest BCUT2D eigenvalue weighted by atomic mass is 10.1. The SMILES string of the molecule is CCC1CCCN1c1cc(N)ccc1C(N)=O. The van der Waals surface area contributed by atoms with Crippen LogP contribution in [-0.4, -0.2) is 18.5 Å². The predicted molar refractivity (Wildman–Crippen MR) is 70.0 cm³/mol. The first-order valence-corrected chi connectivity index (χ1v) is 6.09. The molecule has 1 amide bonds. The van der Waals surface area contributed by atoms with Gasteiger partial charge in [-0.3, -0.25) is 4.79 Å². The highest BCUT2D eigenvalue weighted by Crippen LogP contribution is 2.31. The van der Waals surface area contributed by atoms with Gasteiger partial charge >= 0.3 is 0 Å². The smallest absolute Gasteiger partial charge is 0.250 e. The second-order valence-electron chi connectivity index (χ2n) is 4.54. The van der Waals surface area contributed by atoms with Crippen molar-refractivity contribution in [2.75, 3.05) is 17.2 Å². The molecule has 1 saturated heterocycles. The molecule has 0 bridgehead atoms. The summed E-state index contributed by atoms with van der Waals surface area (Å²) in [7, 11) is 0. The number of hydrogen-bond donors (Lipinski definition) is 2. The molecule has 1 atom stereocenters. The number of amides is 1. The van der Waals surface area contributed by atoms with Gasteiger partial charge < -0.3 is 16.4 Å². The summed E-state index contributed by atoms with van der Waals surface area (Å²) in [6, 6.07) is 5.79. The minimum absolute atomic E-state index is 0.387. The first-order valence-electron chi connectivity index (χ1n) is 6.09. The van der Waals surface area contributed by atoms with Crippen molar-refractivity contribution < 1.29 is 4.79 Å². The Kier molecular flexibility index (Phi) is 3.22. The van der Waals surface area contributed by atoms with Crippen molar-refractivity contribution in [2.45, 2.75) is 32.2 Å². The second-order valence-corrected chi connectivity index (χ2v) is 4.54. The summed E-state index contributed by atoms with van der Waals surface area (Å²) in [5.41, 5.74) is 13.3. The Labute approximate surface area is 102 Å². The number of nitrogens with zero attached hydrogens (tertiary/aromatic N) is 1. The van der Waals surface area contributed by atoms with E-state index < -0.39 is 0 Å². The van der Waals surface area contributed by atoms with E-state index in [-0.39, 0.29) is 5.91 Å². The maximum Gasteiger partial charge on any atom is 0.250 e. The van der Waals surface area contributed by atoms with Gasteiger partial charge in [0, 0.05) is 18.3 Å². The van der Waals surface area contributed by atoms with Gasteiger partial charge in [0.1, 0.15) is 0 Å². The summed E-state index contributed by atoms with van der Waals surface area (Å²) >= 11 is 0. The van der Waals surface area contributed by atoms with Gasteiger partial charge in [-0.25, -0.2) is 0 Å². The Bertz CT molecular complexity index is 431. The summed E-state index contributed by atoms with van der Waals surface area (Å²) in [6.07, 6.45) is 3.40. The third kappa shape index (κ3) is 2.20. The molecule has 0 spiro atoms. The van der Waals surface area contributed by atoms with Crippen LogP contribution in [0.25, 0.3) is 0 Å². The molecule has 0 saturated carbocycles. The zero-order valence-corrected chi connectivity index (χ0v) is 10.1. The van der Waals surface area contributed by atoms with E-state index in [0.29, 0.717) is 17.3 Å². The van der Waals surface area contributed by atoms with Gasteiger partial charge in [-0.15, -0.1) is 0 Å². The van der Waals surface area contributed by atoms with Crippen molar-refractivity contribution in [3.8, 4) is 0 Å². The van der Waals surface area contributed by atoms with Crippen LogP contribution in [0.3, 0.4) is 0 Å². The van der Waals surface area contributed by atoms with Crippen molar-refractivity contribution in [1.29, 1.82) is 0 Å². The molecule has 1 fully saturated rings. The van der Waals surface area contributed by atoms with Gasteiger partial charge in [0.15, 0.2) is 0 Å². The normalized spacial score (nSPS) is 19.6. The lowest BCUT2D eigenvalue weighted by molar-refractivity contribution is 0.100. The Balaban J connectivity index is 2.42. The van der Waals surface area contributed by atoms with E-state index in [1.807, 2.05) is 6.07 Å². The summed E-state index contributed by atoms with van der Waals surface area (Å²) in [4.78, 5) is 13.7. The minimum Gasteiger partial charge on any atom is -0.399 e. The molecule has 92 valence electrons. The minimum atomic E-state index is -0.387. The van der Waals surface area contributed by atoms with Crippen LogP contribution in [0.5, 0.6) is 0 Å². The highest BCUT2D eigenvalue weighted by molar-refractivity contribution is 5.99. The zero-order chi connectivity index (χ0) is 12.4. The Morgan fingerprint density at radius 2 is 2.29 bits per heavy atom. The maximum atomic E-state index is 11.4. The highest BCUT2D eigenvalue weighted by Gasteiger charge is 2.26. The Hall–Kier alpha value is -1.71. The third-order valence-corrected chi connectivity index (χ3v) is 3.45. The van der Waals surface area contributed by atoms with Gasteiger partial charge in [0.25, 0.3) is 5.91 Å². The van der Waals surface area contributed by atoms with E-state index in [4.69, 9.17) is 11.5 Å². The molecular formula is C13H19N3O. The molecule has 0 aliphatic carbocycles. The number of carbonyl (C=O) groups is 1. The van der Waals surface area contributed by atoms with Gasteiger partial charge in [0.05, 0.1) is 11.3 Å². The van der Waals surface area contributed by atoms with E-state index in [1.165, 1.54) is 6.42 Å². The van der Waals surface area contributed by atoms with Crippen molar-refractivity contribution in [1.82, 2.24) is 0 Å². The fourth-order valence-electron chi connectivity index (χ4n) is 2.57. The van der Waals surface area contributed by atoms with Crippen LogP contribution >= 0.6 is 0 Å². The molecule has 1 aromatic rings. The van der Waals surface area contributed by atoms with Crippen molar-refractivity contribution in [3.05, 3.63) is 23.8 Å². The van der Waals surface area contributed by atoms with Crippen LogP contribution in [0, 0.1) is 0 Å². The van der Waals surface area contributed by atoms with E-state index in [2.05, 4.69) is 11.8 Å². The summed E-state index contributed by atoms with van der Waals surface area (Å²) < 4.78 is 0. The van der Waals surface area contributed by atoms with Gasteiger partial charge in [-0.2, -0.15) is 0 Å². The molecule has 1 heterocycles. The van der Waals surface area contributed by atoms with Crippen molar-refractivity contribution >= 4 is 17.3 Å². The number of benzene rings is 1. The Morgan fingerprint density at radius 1 is 1.53 bits per heavy atom. The maximum absolute atomic E-state index is 11.4. The molecule has 17 heavy (non-hydrogen) atoms. The topological polar surface area (TPSA) is 72.3 Å². The molecule has 1 unspecified atom stereocenters. The van der Waals surface area contributed by atoms with Crippen LogP contribution in [0.1, 0.15) is 36.5 Å². The first kappa shape index (κ1) is 11.8. The first-order chi connectivity index (χ1) is 8.13. The van der Waals surface area contributed by atoms with Gasteiger partial charge in [-0.1, -0.05) is 6.92 Å². The molecule has 2 rings (SSSR count). The number of anilines is 2. The molecule has 0 radical (unpaired) electrons. The monoisotopic (exact) mass is 233 g/mol. The highest BCUT2D eigenvalue weighted by atomic mass is 16.1. The molecule has 1 aromatic carbocycles. The fraction of sp³-hybridized carbons (Fsp3) is 0.462. The predicted octanol–water partition coefficient (Wildman–Crippen LogP) is 1.75. The number of nitrogen functional groups attached to an aromatic ring is 1. The van der Waals surface area contributed by atoms with E-state index in [0.717, 1.165) is 25.1 Å². The quantitative estimate of drug-likeness (QED) is 0.781. The molecule has 1 aliphatic heterocycles. The standard InChI is InChI=1S/C13H19N3O/c1-2-10-4-3-7-16(10)12-8-9(14)5-6-11(12)13(15)17/h5-6,8,10H,2-4,7,14H2,1H3,(H2,15,17). The average Bonchev–Trinajstić information content (AvgIpc) is 2.76. The van der Waals surface area contributed by atoms with Crippen LogP contribution in [-0.2, 0) is 0 Å². The summed E-state index contributed by atoms with van der Waals surface area (Å²) in [5.74, 6) is -0.387. The van der Waals surface area contributed by atoms with Gasteiger partial charge in [0.2, 0.25) is 0 Å². The Morgan fingerprint density at radius 3 is 2.94 bits per heavy atom. The largest absolute Gasteiger partial charge is 0.399 e. The molecular weight excluding hydrogens is 214 g/mol. The van der Waals surface area contributed by atoms with Gasteiger partial charge in [-0.05, 0) is 37.5 Å². The second kappa shape index (κ2) is 4.65. The zero-order valence-electron chi connectivity index (χ0n) is 10.1. The average molecular weight is 233 g/mol.